The Morgan fingerprint density at radius 3 is 2.49 bits per heavy atom. The van der Waals surface area contributed by atoms with Crippen LogP contribution < -0.4 is 5.73 Å². The minimum absolute atomic E-state index is 0.0712. The third-order valence-corrected chi connectivity index (χ3v) is 6.30. The Labute approximate surface area is 229 Å². The molecule has 0 aliphatic carbocycles. The Bertz CT molecular complexity index is 1610. The molecule has 0 amide bonds. The molecule has 0 spiro atoms. The van der Waals surface area contributed by atoms with Gasteiger partial charge < -0.3 is 15.6 Å². The van der Waals surface area contributed by atoms with Crippen molar-refractivity contribution in [1.82, 2.24) is 14.8 Å². The molecule has 202 valence electrons. The molecule has 1 atom stereocenters. The van der Waals surface area contributed by atoms with E-state index in [1.807, 2.05) is 0 Å². The smallest absolute Gasteiger partial charge is 0.311 e. The van der Waals surface area contributed by atoms with E-state index < -0.39 is 29.2 Å². The van der Waals surface area contributed by atoms with Gasteiger partial charge in [0.1, 0.15) is 22.9 Å². The molecule has 2 heterocycles. The van der Waals surface area contributed by atoms with Crippen molar-refractivity contribution in [3.05, 3.63) is 81.8 Å². The number of pyridine rings is 1. The van der Waals surface area contributed by atoms with Crippen molar-refractivity contribution < 1.29 is 23.4 Å². The molecule has 0 saturated carbocycles. The van der Waals surface area contributed by atoms with Crippen molar-refractivity contribution in [2.24, 2.45) is 12.8 Å². The van der Waals surface area contributed by atoms with Gasteiger partial charge in [-0.15, -0.1) is 0 Å². The maximum Gasteiger partial charge on any atom is 0.311 e. The molecule has 0 aliphatic heterocycles. The van der Waals surface area contributed by atoms with Crippen LogP contribution in [-0.2, 0) is 29.4 Å². The lowest BCUT2D eigenvalue weighted by atomic mass is 9.94. The van der Waals surface area contributed by atoms with Crippen molar-refractivity contribution in [2.45, 2.75) is 38.3 Å². The maximum absolute atomic E-state index is 13.9. The monoisotopic (exact) mass is 552 g/mol. The van der Waals surface area contributed by atoms with E-state index >= 15 is 0 Å². The highest BCUT2D eigenvalue weighted by Crippen LogP contribution is 2.38. The SMILES string of the molecule is COC(=O)Cc1nn(C)c2c(-c3ccc(C#CC(C)(C)O)nc3[C@@H](N)Cc3cc(F)cc(F)c3)ccc(Cl)c12. The molecule has 0 bridgehead atoms. The summed E-state index contributed by atoms with van der Waals surface area (Å²) >= 11 is 6.55. The quantitative estimate of drug-likeness (QED) is 0.267. The molecule has 3 N–H and O–H groups in total. The van der Waals surface area contributed by atoms with Crippen LogP contribution in [0.5, 0.6) is 0 Å². The summed E-state index contributed by atoms with van der Waals surface area (Å²) in [4.78, 5) is 16.7. The third kappa shape index (κ3) is 6.42. The van der Waals surface area contributed by atoms with Gasteiger partial charge in [-0.25, -0.2) is 13.8 Å². The summed E-state index contributed by atoms with van der Waals surface area (Å²) in [6, 6.07) is 9.44. The fourth-order valence-electron chi connectivity index (χ4n) is 4.36. The fraction of sp³-hybridized carbons (Fsp3) is 0.276. The molecule has 0 saturated heterocycles. The van der Waals surface area contributed by atoms with Gasteiger partial charge in [0.2, 0.25) is 0 Å². The number of aliphatic hydroxyl groups is 1. The van der Waals surface area contributed by atoms with Crippen LogP contribution in [0.3, 0.4) is 0 Å². The van der Waals surface area contributed by atoms with Gasteiger partial charge in [0.15, 0.2) is 0 Å². The van der Waals surface area contributed by atoms with E-state index in [-0.39, 0.29) is 12.8 Å². The Morgan fingerprint density at radius 1 is 1.18 bits per heavy atom. The normalized spacial score (nSPS) is 12.2. The van der Waals surface area contributed by atoms with Gasteiger partial charge in [-0.1, -0.05) is 23.6 Å². The van der Waals surface area contributed by atoms with Crippen LogP contribution >= 0.6 is 11.6 Å². The predicted octanol–water partition coefficient (Wildman–Crippen LogP) is 4.65. The molecule has 0 unspecified atom stereocenters. The van der Waals surface area contributed by atoms with Crippen molar-refractivity contribution >= 4 is 28.5 Å². The number of ether oxygens (including phenoxy) is 1. The zero-order valence-corrected chi connectivity index (χ0v) is 22.6. The van der Waals surface area contributed by atoms with E-state index in [1.54, 1.807) is 49.8 Å². The zero-order chi connectivity index (χ0) is 28.5. The van der Waals surface area contributed by atoms with E-state index in [4.69, 9.17) is 22.1 Å². The second-order valence-electron chi connectivity index (χ2n) is 9.67. The molecular weight excluding hydrogens is 526 g/mol. The van der Waals surface area contributed by atoms with Gasteiger partial charge in [-0.05, 0) is 62.1 Å². The number of carbonyl (C=O) groups excluding carboxylic acids is 1. The number of hydrogen-bond donors (Lipinski definition) is 2. The highest BCUT2D eigenvalue weighted by molar-refractivity contribution is 6.36. The summed E-state index contributed by atoms with van der Waals surface area (Å²) < 4.78 is 34.2. The summed E-state index contributed by atoms with van der Waals surface area (Å²) in [5.41, 5.74) is 8.91. The van der Waals surface area contributed by atoms with Crippen molar-refractivity contribution in [3.63, 3.8) is 0 Å². The van der Waals surface area contributed by atoms with Gasteiger partial charge >= 0.3 is 5.97 Å². The minimum atomic E-state index is -1.24. The van der Waals surface area contributed by atoms with Crippen LogP contribution in [0.25, 0.3) is 22.0 Å². The Hall–Kier alpha value is -3.84. The molecule has 7 nitrogen and oxygen atoms in total. The van der Waals surface area contributed by atoms with Crippen molar-refractivity contribution in [2.75, 3.05) is 7.11 Å². The molecule has 2 aromatic carbocycles. The first-order valence-corrected chi connectivity index (χ1v) is 12.4. The van der Waals surface area contributed by atoms with Crippen molar-refractivity contribution in [3.8, 4) is 23.0 Å². The lowest BCUT2D eigenvalue weighted by molar-refractivity contribution is -0.139. The number of aromatic nitrogens is 3. The number of hydrogen-bond acceptors (Lipinski definition) is 6. The lowest BCUT2D eigenvalue weighted by Gasteiger charge is -2.18. The number of aryl methyl sites for hydroxylation is 1. The first-order chi connectivity index (χ1) is 18.4. The second kappa shape index (κ2) is 11.1. The van der Waals surface area contributed by atoms with Crippen LogP contribution in [0.2, 0.25) is 5.02 Å². The maximum atomic E-state index is 13.9. The molecule has 2 aromatic heterocycles. The molecule has 0 radical (unpaired) electrons. The number of methoxy groups -OCH3 is 1. The van der Waals surface area contributed by atoms with Gasteiger partial charge in [0, 0.05) is 29.6 Å². The number of rotatable bonds is 6. The third-order valence-electron chi connectivity index (χ3n) is 5.99. The van der Waals surface area contributed by atoms with Crippen LogP contribution in [0, 0.1) is 23.5 Å². The highest BCUT2D eigenvalue weighted by atomic mass is 35.5. The number of nitrogens with zero attached hydrogens (tertiary/aromatic N) is 3. The first kappa shape index (κ1) is 28.2. The average molecular weight is 553 g/mol. The topological polar surface area (TPSA) is 103 Å². The highest BCUT2D eigenvalue weighted by Gasteiger charge is 2.23. The summed E-state index contributed by atoms with van der Waals surface area (Å²) in [6.45, 7) is 3.11. The van der Waals surface area contributed by atoms with E-state index in [0.29, 0.717) is 49.7 Å². The number of carbonyl (C=O) groups is 1. The van der Waals surface area contributed by atoms with Crippen molar-refractivity contribution in [1.29, 1.82) is 0 Å². The summed E-state index contributed by atoms with van der Waals surface area (Å²) in [5, 5.41) is 15.5. The van der Waals surface area contributed by atoms with Crippen LogP contribution in [0.15, 0.2) is 42.5 Å². The summed E-state index contributed by atoms with van der Waals surface area (Å²) in [5.74, 6) is 3.71. The predicted molar refractivity (Wildman–Crippen MR) is 145 cm³/mol. The zero-order valence-electron chi connectivity index (χ0n) is 21.8. The Morgan fingerprint density at radius 2 is 1.85 bits per heavy atom. The number of fused-ring (bicyclic) bond motifs is 1. The van der Waals surface area contributed by atoms with Gasteiger partial charge in [0.25, 0.3) is 0 Å². The van der Waals surface area contributed by atoms with E-state index in [2.05, 4.69) is 21.9 Å². The second-order valence-corrected chi connectivity index (χ2v) is 10.1. The van der Waals surface area contributed by atoms with E-state index in [1.165, 1.54) is 19.2 Å². The number of esters is 1. The largest absolute Gasteiger partial charge is 0.469 e. The average Bonchev–Trinajstić information content (AvgIpc) is 3.18. The lowest BCUT2D eigenvalue weighted by Crippen LogP contribution is -2.17. The summed E-state index contributed by atoms with van der Waals surface area (Å²) in [7, 11) is 3.03. The van der Waals surface area contributed by atoms with Gasteiger partial charge in [-0.2, -0.15) is 5.10 Å². The minimum Gasteiger partial charge on any atom is -0.469 e. The first-order valence-electron chi connectivity index (χ1n) is 12.0. The molecule has 0 fully saturated rings. The number of nitrogens with two attached hydrogens (primary N) is 1. The molecule has 39 heavy (non-hydrogen) atoms. The molecule has 4 aromatic rings. The van der Waals surface area contributed by atoms with E-state index in [9.17, 15) is 18.7 Å². The van der Waals surface area contributed by atoms with Gasteiger partial charge in [0.05, 0.1) is 41.5 Å². The van der Waals surface area contributed by atoms with Crippen LogP contribution in [0.4, 0.5) is 8.78 Å². The fourth-order valence-corrected chi connectivity index (χ4v) is 4.62. The Kier molecular flexibility index (Phi) is 8.02. The molecular formula is C29H27ClF2N4O3. The number of benzene rings is 2. The van der Waals surface area contributed by atoms with Crippen LogP contribution in [0.1, 0.15) is 42.5 Å². The van der Waals surface area contributed by atoms with E-state index in [0.717, 1.165) is 6.07 Å². The summed E-state index contributed by atoms with van der Waals surface area (Å²) in [6.07, 6.45) is 0.0189. The Balaban J connectivity index is 1.91. The molecule has 0 aliphatic rings. The number of halogens is 3. The molecule has 10 heteroatoms. The van der Waals surface area contributed by atoms with Gasteiger partial charge in [-0.3, -0.25) is 9.48 Å². The van der Waals surface area contributed by atoms with Crippen LogP contribution in [-0.4, -0.2) is 38.6 Å². The standard InChI is InChI=1S/C29H27ClF2N4O3/c1-29(2,38)10-9-19-5-6-20(27(34-19)23(33)13-16-11-17(31)14-18(32)12-16)21-7-8-22(30)26-24(15-25(37)39-4)35-36(3)28(21)26/h5-8,11-12,14,23,38H,13,15,33H2,1-4H3/t23-/m0/s1. The molecule has 4 rings (SSSR count).